The molecule has 0 radical (unpaired) electrons. The Bertz CT molecular complexity index is 1010. The number of ether oxygens (including phenoxy) is 2. The molecule has 1 aromatic rings. The van der Waals surface area contributed by atoms with Gasteiger partial charge in [-0.3, -0.25) is 0 Å². The molecule has 3 rings (SSSR count). The molecule has 1 saturated carbocycles. The average Bonchev–Trinajstić information content (AvgIpc) is 2.74. The van der Waals surface area contributed by atoms with Gasteiger partial charge in [0.15, 0.2) is 16.9 Å². The van der Waals surface area contributed by atoms with Gasteiger partial charge >= 0.3 is 0 Å². The van der Waals surface area contributed by atoms with Crippen molar-refractivity contribution >= 4 is 5.71 Å². The molecule has 7 heteroatoms. The number of quaternary nitrogens is 1. The second kappa shape index (κ2) is 8.80. The van der Waals surface area contributed by atoms with Crippen molar-refractivity contribution in [1.29, 1.82) is 21.2 Å². The molecule has 1 aromatic carbocycles. The van der Waals surface area contributed by atoms with Crippen molar-refractivity contribution in [1.82, 2.24) is 0 Å². The van der Waals surface area contributed by atoms with Crippen molar-refractivity contribution in [2.45, 2.75) is 32.8 Å². The fourth-order valence-corrected chi connectivity index (χ4v) is 4.77. The Kier molecular flexibility index (Phi) is 6.34. The van der Waals surface area contributed by atoms with E-state index < -0.39 is 17.3 Å². The van der Waals surface area contributed by atoms with Crippen LogP contribution in [0.4, 0.5) is 0 Å². The number of nitriles is 3. The van der Waals surface area contributed by atoms with Gasteiger partial charge in [0.1, 0.15) is 5.92 Å². The maximum Gasteiger partial charge on any atom is 0.189 e. The Morgan fingerprint density at radius 3 is 2.52 bits per heavy atom. The topological polar surface area (TPSA) is 118 Å². The molecule has 1 aliphatic heterocycles. The molecule has 0 saturated heterocycles. The molecule has 4 atom stereocenters. The fourth-order valence-electron chi connectivity index (χ4n) is 4.77. The third-order valence-corrected chi connectivity index (χ3v) is 6.07. The summed E-state index contributed by atoms with van der Waals surface area (Å²) in [4.78, 5) is 1.23. The molecular weight excluding hydrogens is 390 g/mol. The lowest BCUT2D eigenvalue weighted by molar-refractivity contribution is -0.878. The summed E-state index contributed by atoms with van der Waals surface area (Å²) in [6.45, 7) is 7.63. The monoisotopic (exact) mass is 418 g/mol. The Balaban J connectivity index is 2.22. The van der Waals surface area contributed by atoms with Gasteiger partial charge in [0.25, 0.3) is 0 Å². The number of nitrogens with zero attached hydrogens (tertiary/aromatic N) is 3. The smallest absolute Gasteiger partial charge is 0.189 e. The number of nitrogens with one attached hydrogen (secondary N) is 2. The second-order valence-corrected chi connectivity index (χ2v) is 8.47. The highest BCUT2D eigenvalue weighted by Gasteiger charge is 2.58. The van der Waals surface area contributed by atoms with Gasteiger partial charge in [-0.1, -0.05) is 6.07 Å². The number of rotatable bonds is 5. The Morgan fingerprint density at radius 1 is 1.23 bits per heavy atom. The quantitative estimate of drug-likeness (QED) is 0.711. The normalized spacial score (nSPS) is 26.6. The van der Waals surface area contributed by atoms with Crippen LogP contribution in [0.3, 0.4) is 0 Å². The van der Waals surface area contributed by atoms with Crippen molar-refractivity contribution in [2.75, 3.05) is 26.7 Å². The molecule has 0 amide bonds. The molecule has 31 heavy (non-hydrogen) atoms. The largest absolute Gasteiger partial charge is 0.490 e. The third-order valence-electron chi connectivity index (χ3n) is 6.07. The molecule has 1 heterocycles. The lowest BCUT2D eigenvalue weighted by Gasteiger charge is -2.46. The standard InChI is InChI=1S/C24H27N5O2/c1-5-30-21-10-16(6-7-20(21)31-15(2)3)22-19-12-29(4)9-8-17(19)18(11-25)23(28)24(22,13-26)14-27/h6-8,10,15,18-19,22,28H,5,9,12H2,1-4H3/p+1/t18-,19+,22+/m1/s1. The molecular formula is C24H28N5O2+. The Morgan fingerprint density at radius 2 is 1.94 bits per heavy atom. The van der Waals surface area contributed by atoms with E-state index in [4.69, 9.17) is 14.9 Å². The molecule has 0 bridgehead atoms. The minimum atomic E-state index is -1.72. The highest BCUT2D eigenvalue weighted by Crippen LogP contribution is 2.53. The van der Waals surface area contributed by atoms with Crippen LogP contribution in [0.5, 0.6) is 11.5 Å². The summed E-state index contributed by atoms with van der Waals surface area (Å²) < 4.78 is 11.7. The van der Waals surface area contributed by atoms with E-state index in [1.165, 1.54) is 4.90 Å². The van der Waals surface area contributed by atoms with Crippen molar-refractivity contribution in [3.63, 3.8) is 0 Å². The summed E-state index contributed by atoms with van der Waals surface area (Å²) in [5, 5.41) is 38.8. The van der Waals surface area contributed by atoms with Crippen LogP contribution in [0.15, 0.2) is 29.8 Å². The van der Waals surface area contributed by atoms with Gasteiger partial charge in [0, 0.05) is 11.8 Å². The summed E-state index contributed by atoms with van der Waals surface area (Å²) in [6.07, 6.45) is 1.98. The van der Waals surface area contributed by atoms with E-state index in [0.717, 1.165) is 17.7 Å². The molecule has 1 aliphatic carbocycles. The number of fused-ring (bicyclic) bond motifs is 1. The lowest BCUT2D eigenvalue weighted by Crippen LogP contribution is -3.10. The first kappa shape index (κ1) is 22.3. The van der Waals surface area contributed by atoms with E-state index in [1.54, 1.807) is 0 Å². The van der Waals surface area contributed by atoms with Crippen LogP contribution < -0.4 is 14.4 Å². The average molecular weight is 419 g/mol. The van der Waals surface area contributed by atoms with Gasteiger partial charge < -0.3 is 19.8 Å². The maximum atomic E-state index is 10.2. The van der Waals surface area contributed by atoms with Crippen molar-refractivity contribution < 1.29 is 14.4 Å². The van der Waals surface area contributed by atoms with E-state index >= 15 is 0 Å². The van der Waals surface area contributed by atoms with Gasteiger partial charge in [-0.2, -0.15) is 15.8 Å². The zero-order chi connectivity index (χ0) is 22.8. The van der Waals surface area contributed by atoms with Gasteiger partial charge in [-0.05, 0) is 50.1 Å². The highest BCUT2D eigenvalue weighted by atomic mass is 16.5. The predicted molar refractivity (Wildman–Crippen MR) is 115 cm³/mol. The third kappa shape index (κ3) is 3.76. The fraction of sp³-hybridized carbons (Fsp3) is 0.500. The summed E-state index contributed by atoms with van der Waals surface area (Å²) in [5.74, 6) is -0.465. The van der Waals surface area contributed by atoms with Gasteiger partial charge in [0.05, 0.1) is 56.8 Å². The Labute approximate surface area is 183 Å². The number of hydrogen-bond donors (Lipinski definition) is 2. The predicted octanol–water partition coefficient (Wildman–Crippen LogP) is 2.23. The summed E-state index contributed by atoms with van der Waals surface area (Å²) >= 11 is 0. The van der Waals surface area contributed by atoms with Crippen LogP contribution in [0.25, 0.3) is 0 Å². The zero-order valence-electron chi connectivity index (χ0n) is 18.4. The summed E-state index contributed by atoms with van der Waals surface area (Å²) in [6, 6.07) is 11.9. The minimum absolute atomic E-state index is 0.0354. The maximum absolute atomic E-state index is 10.2. The summed E-state index contributed by atoms with van der Waals surface area (Å²) in [5.41, 5.74) is -0.254. The summed E-state index contributed by atoms with van der Waals surface area (Å²) in [7, 11) is 2.05. The molecule has 1 fully saturated rings. The zero-order valence-corrected chi connectivity index (χ0v) is 18.4. The van der Waals surface area contributed by atoms with E-state index in [-0.39, 0.29) is 17.7 Å². The van der Waals surface area contributed by atoms with Crippen LogP contribution in [0.2, 0.25) is 0 Å². The van der Waals surface area contributed by atoms with Crippen molar-refractivity contribution in [3.05, 3.63) is 35.4 Å². The number of hydrogen-bond acceptors (Lipinski definition) is 6. The van der Waals surface area contributed by atoms with Gasteiger partial charge in [-0.25, -0.2) is 0 Å². The van der Waals surface area contributed by atoms with Crippen LogP contribution in [0.1, 0.15) is 32.3 Å². The van der Waals surface area contributed by atoms with E-state index in [9.17, 15) is 15.8 Å². The SMILES string of the molecule is CCOc1cc([C@H]2[C@H]3C[NH+](C)CC=C3[C@@H](C#N)C(=N)C2(C#N)C#N)ccc1OC(C)C. The molecule has 2 aliphatic rings. The van der Waals surface area contributed by atoms with Gasteiger partial charge in [-0.15, -0.1) is 0 Å². The van der Waals surface area contributed by atoms with Crippen LogP contribution in [-0.2, 0) is 0 Å². The van der Waals surface area contributed by atoms with E-state index in [1.807, 2.05) is 45.0 Å². The van der Waals surface area contributed by atoms with E-state index in [2.05, 4.69) is 25.3 Å². The number of likely N-dealkylation sites (N-methyl/N-ethyl adjacent to an activating group) is 1. The molecule has 2 N–H and O–H groups in total. The first-order valence-electron chi connectivity index (χ1n) is 10.6. The van der Waals surface area contributed by atoms with Crippen molar-refractivity contribution in [3.8, 4) is 29.7 Å². The van der Waals surface area contributed by atoms with Crippen LogP contribution >= 0.6 is 0 Å². The van der Waals surface area contributed by atoms with Crippen LogP contribution in [-0.4, -0.2) is 38.6 Å². The number of benzene rings is 1. The second-order valence-electron chi connectivity index (χ2n) is 8.47. The lowest BCUT2D eigenvalue weighted by atomic mass is 9.54. The molecule has 1 unspecified atom stereocenters. The molecule has 0 spiro atoms. The highest BCUT2D eigenvalue weighted by molar-refractivity contribution is 6.00. The minimum Gasteiger partial charge on any atom is -0.490 e. The molecule has 0 aromatic heterocycles. The first-order chi connectivity index (χ1) is 14.8. The molecule has 7 nitrogen and oxygen atoms in total. The first-order valence-corrected chi connectivity index (χ1v) is 10.6. The van der Waals surface area contributed by atoms with E-state index in [0.29, 0.717) is 24.7 Å². The van der Waals surface area contributed by atoms with Gasteiger partial charge in [0.2, 0.25) is 0 Å². The van der Waals surface area contributed by atoms with Crippen LogP contribution in [0, 0.1) is 56.7 Å². The molecule has 160 valence electrons. The van der Waals surface area contributed by atoms with Crippen molar-refractivity contribution in [2.24, 2.45) is 17.3 Å². The Hall–Kier alpha value is -3.34.